The Morgan fingerprint density at radius 2 is 1.91 bits per heavy atom. The molecular weight excluding hydrogens is 297 g/mol. The van der Waals surface area contributed by atoms with Crippen molar-refractivity contribution in [1.82, 2.24) is 0 Å². The van der Waals surface area contributed by atoms with E-state index in [1.54, 1.807) is 0 Å². The molecule has 1 aliphatic heterocycles. The first-order chi connectivity index (χ1) is 10.3. The average Bonchev–Trinajstić information content (AvgIpc) is 2.68. The first kappa shape index (κ1) is 17.4. The second kappa shape index (κ2) is 6.66. The third-order valence-corrected chi connectivity index (χ3v) is 5.69. The molecule has 0 fully saturated rings. The van der Waals surface area contributed by atoms with Crippen LogP contribution in [0.2, 0.25) is 0 Å². The molecule has 2 N–H and O–H groups in total. The molecule has 2 rings (SSSR count). The maximum absolute atomic E-state index is 11.3. The molecule has 0 saturated heterocycles. The van der Waals surface area contributed by atoms with E-state index in [4.69, 9.17) is 0 Å². The number of rotatable bonds is 7. The number of nitrogens with zero attached hydrogens (tertiary/aromatic N) is 1. The quantitative estimate of drug-likeness (QED) is 0.455. The summed E-state index contributed by atoms with van der Waals surface area (Å²) < 4.78 is 13.7. The van der Waals surface area contributed by atoms with Crippen molar-refractivity contribution in [2.75, 3.05) is 12.7 Å². The van der Waals surface area contributed by atoms with Gasteiger partial charge in [-0.1, -0.05) is 31.5 Å². The van der Waals surface area contributed by atoms with E-state index >= 15 is 0 Å². The van der Waals surface area contributed by atoms with Crippen LogP contribution in [0.15, 0.2) is 24.3 Å². The highest BCUT2D eigenvalue weighted by molar-refractivity contribution is 7.51. The molecular formula is C17H27NO3P+. The Kier molecular flexibility index (Phi) is 5.26. The lowest BCUT2D eigenvalue weighted by atomic mass is 9.78. The van der Waals surface area contributed by atoms with Gasteiger partial charge in [0.25, 0.3) is 0 Å². The van der Waals surface area contributed by atoms with Gasteiger partial charge in [-0.05, 0) is 19.8 Å². The third kappa shape index (κ3) is 3.51. The van der Waals surface area contributed by atoms with Crippen LogP contribution in [0, 0.1) is 0 Å². The molecule has 1 aromatic rings. The lowest BCUT2D eigenvalue weighted by Gasteiger charge is -2.22. The Hall–Kier alpha value is -0.960. The predicted octanol–water partition coefficient (Wildman–Crippen LogP) is 3.82. The number of unbranched alkanes of at least 4 members (excludes halogenated alkanes) is 2. The molecule has 5 heteroatoms. The van der Waals surface area contributed by atoms with Crippen LogP contribution in [-0.4, -0.2) is 32.8 Å². The smallest absolute Gasteiger partial charge is 0.324 e. The third-order valence-electron chi connectivity index (χ3n) is 4.88. The zero-order chi connectivity index (χ0) is 16.4. The van der Waals surface area contributed by atoms with Crippen molar-refractivity contribution in [3.8, 4) is 0 Å². The van der Waals surface area contributed by atoms with Gasteiger partial charge in [-0.3, -0.25) is 4.57 Å². The molecule has 0 bridgehead atoms. The Labute approximate surface area is 133 Å². The van der Waals surface area contributed by atoms with Gasteiger partial charge in [0.15, 0.2) is 5.71 Å². The van der Waals surface area contributed by atoms with Crippen LogP contribution in [0.4, 0.5) is 5.69 Å². The van der Waals surface area contributed by atoms with Gasteiger partial charge in [0, 0.05) is 25.0 Å². The topological polar surface area (TPSA) is 60.5 Å². The molecule has 0 aliphatic carbocycles. The Bertz CT molecular complexity index is 620. The van der Waals surface area contributed by atoms with E-state index in [0.717, 1.165) is 13.0 Å². The van der Waals surface area contributed by atoms with Crippen molar-refractivity contribution in [2.45, 2.75) is 51.9 Å². The van der Waals surface area contributed by atoms with Gasteiger partial charge >= 0.3 is 7.60 Å². The summed E-state index contributed by atoms with van der Waals surface area (Å²) >= 11 is 0. The number of hydrogen-bond donors (Lipinski definition) is 2. The number of para-hydroxylation sites is 1. The summed E-state index contributed by atoms with van der Waals surface area (Å²) in [6.07, 6.45) is 3.92. The van der Waals surface area contributed by atoms with E-state index in [2.05, 4.69) is 37.5 Å². The molecule has 0 spiro atoms. The zero-order valence-corrected chi connectivity index (χ0v) is 14.6. The molecule has 0 amide bonds. The van der Waals surface area contributed by atoms with Crippen molar-refractivity contribution in [3.63, 3.8) is 0 Å². The van der Waals surface area contributed by atoms with Crippen molar-refractivity contribution < 1.29 is 18.9 Å². The van der Waals surface area contributed by atoms with Crippen molar-refractivity contribution >= 4 is 19.0 Å². The first-order valence-corrected chi connectivity index (χ1v) is 9.85. The van der Waals surface area contributed by atoms with Crippen LogP contribution >= 0.6 is 7.60 Å². The summed E-state index contributed by atoms with van der Waals surface area (Å²) in [7, 11) is -3.98. The van der Waals surface area contributed by atoms with Gasteiger partial charge in [-0.15, -0.1) is 0 Å². The Morgan fingerprint density at radius 3 is 2.55 bits per heavy atom. The minimum absolute atomic E-state index is 0.0715. The molecule has 0 radical (unpaired) electrons. The molecule has 0 saturated carbocycles. The summed E-state index contributed by atoms with van der Waals surface area (Å²) in [5.74, 6) is 0. The maximum atomic E-state index is 11.3. The van der Waals surface area contributed by atoms with E-state index in [9.17, 15) is 14.4 Å². The molecule has 22 heavy (non-hydrogen) atoms. The van der Waals surface area contributed by atoms with Crippen LogP contribution < -0.4 is 0 Å². The SMILES string of the molecule is CCCCC[N+]1=C(C)C(C)(CCP(=O)(O)O)c2ccccc21. The number of benzene rings is 1. The van der Waals surface area contributed by atoms with E-state index in [1.165, 1.54) is 29.8 Å². The lowest BCUT2D eigenvalue weighted by molar-refractivity contribution is -0.439. The fraction of sp³-hybridized carbons (Fsp3) is 0.588. The zero-order valence-electron chi connectivity index (χ0n) is 13.7. The maximum Gasteiger partial charge on any atom is 0.325 e. The standard InChI is InChI=1S/C17H26NO3P/c1-4-5-8-12-18-14(2)17(3,11-13-22(19,20)21)15-9-6-7-10-16(15)18/h6-7,9-10H,4-5,8,11-13H2,1-3H3,(H-,19,20,21)/p+1. The van der Waals surface area contributed by atoms with Gasteiger partial charge in [0.05, 0.1) is 11.6 Å². The molecule has 1 atom stereocenters. The minimum atomic E-state index is -3.98. The predicted molar refractivity (Wildman–Crippen MR) is 90.3 cm³/mol. The molecule has 122 valence electrons. The van der Waals surface area contributed by atoms with E-state index in [-0.39, 0.29) is 11.6 Å². The number of hydrogen-bond acceptors (Lipinski definition) is 1. The molecule has 0 aromatic heterocycles. The molecule has 1 aromatic carbocycles. The van der Waals surface area contributed by atoms with Crippen LogP contribution in [0.3, 0.4) is 0 Å². The van der Waals surface area contributed by atoms with E-state index in [0.29, 0.717) is 6.42 Å². The van der Waals surface area contributed by atoms with Gasteiger partial charge in [-0.25, -0.2) is 0 Å². The molecule has 1 unspecified atom stereocenters. The van der Waals surface area contributed by atoms with Crippen molar-refractivity contribution in [3.05, 3.63) is 29.8 Å². The van der Waals surface area contributed by atoms with Crippen LogP contribution in [0.5, 0.6) is 0 Å². The van der Waals surface area contributed by atoms with Crippen LogP contribution in [0.1, 0.15) is 52.0 Å². The van der Waals surface area contributed by atoms with Crippen LogP contribution in [-0.2, 0) is 9.98 Å². The molecule has 1 heterocycles. The average molecular weight is 324 g/mol. The second-order valence-electron chi connectivity index (χ2n) is 6.43. The fourth-order valence-electron chi connectivity index (χ4n) is 3.34. The Balaban J connectivity index is 2.34. The summed E-state index contributed by atoms with van der Waals surface area (Å²) in [6.45, 7) is 7.38. The second-order valence-corrected chi connectivity index (χ2v) is 8.21. The highest BCUT2D eigenvalue weighted by Gasteiger charge is 2.46. The van der Waals surface area contributed by atoms with Crippen molar-refractivity contribution in [2.24, 2.45) is 0 Å². The fourth-order valence-corrected chi connectivity index (χ4v) is 4.08. The highest BCUT2D eigenvalue weighted by Crippen LogP contribution is 2.46. The lowest BCUT2D eigenvalue weighted by Crippen LogP contribution is -2.31. The van der Waals surface area contributed by atoms with Gasteiger partial charge in [0.2, 0.25) is 5.69 Å². The van der Waals surface area contributed by atoms with Gasteiger partial charge in [0.1, 0.15) is 6.54 Å². The largest absolute Gasteiger partial charge is 0.325 e. The highest BCUT2D eigenvalue weighted by atomic mass is 31.2. The first-order valence-electron chi connectivity index (χ1n) is 8.05. The van der Waals surface area contributed by atoms with Gasteiger partial charge < -0.3 is 9.79 Å². The van der Waals surface area contributed by atoms with Gasteiger partial charge in [-0.2, -0.15) is 4.58 Å². The monoisotopic (exact) mass is 324 g/mol. The summed E-state index contributed by atoms with van der Waals surface area (Å²) in [5, 5.41) is 0. The summed E-state index contributed by atoms with van der Waals surface area (Å²) in [6, 6.07) is 8.26. The normalized spacial score (nSPS) is 21.3. The summed E-state index contributed by atoms with van der Waals surface area (Å²) in [5.41, 5.74) is 3.31. The van der Waals surface area contributed by atoms with E-state index in [1.807, 2.05) is 12.1 Å². The molecule has 4 nitrogen and oxygen atoms in total. The summed E-state index contributed by atoms with van der Waals surface area (Å²) in [4.78, 5) is 18.5. The Morgan fingerprint density at radius 1 is 1.23 bits per heavy atom. The number of fused-ring (bicyclic) bond motifs is 1. The molecule has 1 aliphatic rings. The van der Waals surface area contributed by atoms with Crippen LogP contribution in [0.25, 0.3) is 0 Å². The minimum Gasteiger partial charge on any atom is -0.324 e. The van der Waals surface area contributed by atoms with Crippen molar-refractivity contribution in [1.29, 1.82) is 0 Å². The van der Waals surface area contributed by atoms with E-state index < -0.39 is 7.60 Å².